The molecule has 0 saturated carbocycles. The summed E-state index contributed by atoms with van der Waals surface area (Å²) < 4.78 is 25.7. The Kier molecular flexibility index (Phi) is 5.58. The van der Waals surface area contributed by atoms with Crippen LogP contribution < -0.4 is 9.64 Å². The van der Waals surface area contributed by atoms with Gasteiger partial charge in [-0.1, -0.05) is 0 Å². The van der Waals surface area contributed by atoms with Crippen molar-refractivity contribution in [3.63, 3.8) is 0 Å². The highest BCUT2D eigenvalue weighted by atomic mass is 19.1. The van der Waals surface area contributed by atoms with Gasteiger partial charge in [0, 0.05) is 50.8 Å². The maximum atomic E-state index is 14.4. The van der Waals surface area contributed by atoms with E-state index < -0.39 is 5.60 Å². The smallest absolute Gasteiger partial charge is 0.410 e. The number of hydrogen-bond donors (Lipinski definition) is 0. The maximum Gasteiger partial charge on any atom is 0.410 e. The molecule has 2 heterocycles. The largest absolute Gasteiger partial charge is 0.487 e. The molecule has 144 valence electrons. The van der Waals surface area contributed by atoms with Crippen LogP contribution in [0.4, 0.5) is 14.9 Å². The van der Waals surface area contributed by atoms with E-state index >= 15 is 0 Å². The van der Waals surface area contributed by atoms with E-state index in [1.807, 2.05) is 26.8 Å². The SMILES string of the molecule is CC(C)(C)OC(=O)N1CCC(Oc2ccc(N3CCCC3)cc2F)CC1. The zero-order valence-corrected chi connectivity index (χ0v) is 16.0. The van der Waals surface area contributed by atoms with E-state index in [-0.39, 0.29) is 18.0 Å². The number of carbonyl (C=O) groups excluding carboxylic acids is 1. The van der Waals surface area contributed by atoms with Gasteiger partial charge in [0.25, 0.3) is 0 Å². The minimum atomic E-state index is -0.495. The molecule has 2 saturated heterocycles. The van der Waals surface area contributed by atoms with Gasteiger partial charge in [0.2, 0.25) is 0 Å². The molecule has 6 heteroatoms. The normalized spacial score (nSPS) is 18.9. The molecule has 0 bridgehead atoms. The first-order valence-electron chi connectivity index (χ1n) is 9.51. The Morgan fingerprint density at radius 1 is 1.12 bits per heavy atom. The Bertz CT molecular complexity index is 630. The number of halogens is 1. The zero-order valence-electron chi connectivity index (χ0n) is 16.0. The summed E-state index contributed by atoms with van der Waals surface area (Å²) >= 11 is 0. The second-order valence-electron chi connectivity index (χ2n) is 8.09. The number of likely N-dealkylation sites (tertiary alicyclic amines) is 1. The van der Waals surface area contributed by atoms with Crippen molar-refractivity contribution in [1.82, 2.24) is 4.90 Å². The molecule has 0 N–H and O–H groups in total. The number of piperidine rings is 1. The van der Waals surface area contributed by atoms with Crippen molar-refractivity contribution >= 4 is 11.8 Å². The van der Waals surface area contributed by atoms with Gasteiger partial charge >= 0.3 is 6.09 Å². The number of nitrogens with zero attached hydrogens (tertiary/aromatic N) is 2. The van der Waals surface area contributed by atoms with Gasteiger partial charge in [-0.15, -0.1) is 0 Å². The first-order valence-corrected chi connectivity index (χ1v) is 9.51. The van der Waals surface area contributed by atoms with E-state index in [1.54, 1.807) is 17.0 Å². The molecule has 2 aliphatic heterocycles. The third-order valence-corrected chi connectivity index (χ3v) is 4.77. The lowest BCUT2D eigenvalue weighted by atomic mass is 10.1. The fraction of sp³-hybridized carbons (Fsp3) is 0.650. The second-order valence-corrected chi connectivity index (χ2v) is 8.09. The molecule has 3 rings (SSSR count). The number of hydrogen-bond acceptors (Lipinski definition) is 4. The summed E-state index contributed by atoms with van der Waals surface area (Å²) in [5.74, 6) is -0.0207. The Hall–Kier alpha value is -1.98. The van der Waals surface area contributed by atoms with Crippen molar-refractivity contribution < 1.29 is 18.7 Å². The lowest BCUT2D eigenvalue weighted by molar-refractivity contribution is 0.0123. The van der Waals surface area contributed by atoms with Crippen LogP contribution >= 0.6 is 0 Å². The number of anilines is 1. The fourth-order valence-corrected chi connectivity index (χ4v) is 3.42. The van der Waals surface area contributed by atoms with Crippen LogP contribution in [0.2, 0.25) is 0 Å². The monoisotopic (exact) mass is 364 g/mol. The molecule has 2 fully saturated rings. The van der Waals surface area contributed by atoms with Gasteiger partial charge in [0.15, 0.2) is 11.6 Å². The fourth-order valence-electron chi connectivity index (χ4n) is 3.42. The van der Waals surface area contributed by atoms with Gasteiger partial charge in [-0.05, 0) is 45.7 Å². The average Bonchev–Trinajstić information content (AvgIpc) is 3.10. The first-order chi connectivity index (χ1) is 12.3. The highest BCUT2D eigenvalue weighted by molar-refractivity contribution is 5.68. The zero-order chi connectivity index (χ0) is 18.7. The Labute approximate surface area is 155 Å². The quantitative estimate of drug-likeness (QED) is 0.806. The van der Waals surface area contributed by atoms with Crippen LogP contribution in [-0.2, 0) is 4.74 Å². The van der Waals surface area contributed by atoms with Crippen LogP contribution in [0, 0.1) is 5.82 Å². The molecule has 1 aromatic carbocycles. The summed E-state index contributed by atoms with van der Waals surface area (Å²) in [5, 5.41) is 0. The van der Waals surface area contributed by atoms with Crippen LogP contribution in [0.3, 0.4) is 0 Å². The summed E-state index contributed by atoms with van der Waals surface area (Å²) in [6.07, 6.45) is 3.30. The predicted molar refractivity (Wildman–Crippen MR) is 99.3 cm³/mol. The molecule has 26 heavy (non-hydrogen) atoms. The van der Waals surface area contributed by atoms with Crippen molar-refractivity contribution in [2.24, 2.45) is 0 Å². The van der Waals surface area contributed by atoms with Crippen molar-refractivity contribution in [3.05, 3.63) is 24.0 Å². The molecule has 5 nitrogen and oxygen atoms in total. The van der Waals surface area contributed by atoms with Gasteiger partial charge in [0.1, 0.15) is 11.7 Å². The Balaban J connectivity index is 1.52. The van der Waals surface area contributed by atoms with E-state index in [4.69, 9.17) is 9.47 Å². The molecule has 1 aromatic rings. The van der Waals surface area contributed by atoms with Gasteiger partial charge in [-0.2, -0.15) is 0 Å². The van der Waals surface area contributed by atoms with Crippen molar-refractivity contribution in [3.8, 4) is 5.75 Å². The molecule has 1 amide bonds. The van der Waals surface area contributed by atoms with Crippen molar-refractivity contribution in [2.45, 2.75) is 58.2 Å². The van der Waals surface area contributed by atoms with Crippen molar-refractivity contribution in [1.29, 1.82) is 0 Å². The molecule has 0 spiro atoms. The molecule has 0 aliphatic carbocycles. The van der Waals surface area contributed by atoms with Gasteiger partial charge in [-0.25, -0.2) is 9.18 Å². The van der Waals surface area contributed by atoms with Gasteiger partial charge in [-0.3, -0.25) is 0 Å². The highest BCUT2D eigenvalue weighted by Gasteiger charge is 2.28. The Morgan fingerprint density at radius 2 is 1.77 bits per heavy atom. The summed E-state index contributed by atoms with van der Waals surface area (Å²) in [5.41, 5.74) is 0.428. The number of carbonyl (C=O) groups is 1. The average molecular weight is 364 g/mol. The van der Waals surface area contributed by atoms with Gasteiger partial charge in [0.05, 0.1) is 0 Å². The predicted octanol–water partition coefficient (Wildman–Crippen LogP) is 4.20. The Morgan fingerprint density at radius 3 is 2.35 bits per heavy atom. The van der Waals surface area contributed by atoms with E-state index in [2.05, 4.69) is 4.90 Å². The summed E-state index contributed by atoms with van der Waals surface area (Å²) in [6, 6.07) is 5.22. The van der Waals surface area contributed by atoms with Gasteiger partial charge < -0.3 is 19.3 Å². The third kappa shape index (κ3) is 4.80. The minimum absolute atomic E-state index is 0.0826. The first kappa shape index (κ1) is 18.8. The third-order valence-electron chi connectivity index (χ3n) is 4.77. The molecular weight excluding hydrogens is 335 g/mol. The standard InChI is InChI=1S/C20H29FN2O3/c1-20(2,3)26-19(24)23-12-8-16(9-13-23)25-18-7-6-15(14-17(18)21)22-10-4-5-11-22/h6-7,14,16H,4-5,8-13H2,1-3H3. The van der Waals surface area contributed by atoms with E-state index in [9.17, 15) is 9.18 Å². The molecule has 0 aromatic heterocycles. The molecule has 2 aliphatic rings. The number of amides is 1. The van der Waals surface area contributed by atoms with Crippen LogP contribution in [-0.4, -0.2) is 48.9 Å². The summed E-state index contributed by atoms with van der Waals surface area (Å²) in [6.45, 7) is 8.67. The molecular formula is C20H29FN2O3. The lowest BCUT2D eigenvalue weighted by Crippen LogP contribution is -2.44. The van der Waals surface area contributed by atoms with Crippen molar-refractivity contribution in [2.75, 3.05) is 31.1 Å². The van der Waals surface area contributed by atoms with Crippen LogP contribution in [0.5, 0.6) is 5.75 Å². The topological polar surface area (TPSA) is 42.0 Å². The van der Waals surface area contributed by atoms with E-state index in [0.717, 1.165) is 31.6 Å². The molecule has 0 radical (unpaired) electrons. The molecule has 0 atom stereocenters. The second kappa shape index (κ2) is 7.72. The van der Waals surface area contributed by atoms with Crippen LogP contribution in [0.1, 0.15) is 46.5 Å². The lowest BCUT2D eigenvalue weighted by Gasteiger charge is -2.33. The van der Waals surface area contributed by atoms with Crippen LogP contribution in [0.15, 0.2) is 18.2 Å². The number of rotatable bonds is 3. The highest BCUT2D eigenvalue weighted by Crippen LogP contribution is 2.28. The summed E-state index contributed by atoms with van der Waals surface area (Å²) in [4.78, 5) is 16.0. The molecule has 0 unspecified atom stereocenters. The van der Waals surface area contributed by atoms with Crippen LogP contribution in [0.25, 0.3) is 0 Å². The summed E-state index contributed by atoms with van der Waals surface area (Å²) in [7, 11) is 0. The minimum Gasteiger partial charge on any atom is -0.487 e. The number of ether oxygens (including phenoxy) is 2. The van der Waals surface area contributed by atoms with E-state index in [0.29, 0.717) is 31.7 Å². The maximum absolute atomic E-state index is 14.4. The number of benzene rings is 1. The van der Waals surface area contributed by atoms with E-state index in [1.165, 1.54) is 0 Å².